The van der Waals surface area contributed by atoms with Crippen LogP contribution in [0.1, 0.15) is 15.2 Å². The normalized spacial score (nSPS) is 10.8. The molecule has 2 heterocycles. The van der Waals surface area contributed by atoms with Crippen molar-refractivity contribution in [3.63, 3.8) is 0 Å². The van der Waals surface area contributed by atoms with Gasteiger partial charge in [-0.25, -0.2) is 4.79 Å². The molecule has 20 heavy (non-hydrogen) atoms. The number of nitrogens with two attached hydrogens (primary N) is 1. The van der Waals surface area contributed by atoms with Crippen LogP contribution < -0.4 is 5.73 Å². The SMILES string of the molecule is Cn1cc(COC(=O)c2cc3cc(N)ccc3s2)cn1. The van der Waals surface area contributed by atoms with E-state index in [2.05, 4.69) is 5.10 Å². The van der Waals surface area contributed by atoms with Gasteiger partial charge in [-0.1, -0.05) is 0 Å². The Balaban J connectivity index is 1.75. The molecular formula is C14H13N3O2S. The van der Waals surface area contributed by atoms with E-state index in [1.807, 2.05) is 37.5 Å². The van der Waals surface area contributed by atoms with Crippen LogP contribution in [-0.4, -0.2) is 15.7 Å². The number of ether oxygens (including phenoxy) is 1. The summed E-state index contributed by atoms with van der Waals surface area (Å²) in [6.07, 6.45) is 3.50. The second kappa shape index (κ2) is 4.97. The van der Waals surface area contributed by atoms with E-state index in [-0.39, 0.29) is 12.6 Å². The first-order valence-electron chi connectivity index (χ1n) is 6.05. The Morgan fingerprint density at radius 1 is 1.45 bits per heavy atom. The predicted molar refractivity (Wildman–Crippen MR) is 78.6 cm³/mol. The highest BCUT2D eigenvalue weighted by molar-refractivity contribution is 7.20. The molecule has 0 unspecified atom stereocenters. The molecule has 102 valence electrons. The number of anilines is 1. The quantitative estimate of drug-likeness (QED) is 0.593. The van der Waals surface area contributed by atoms with E-state index >= 15 is 0 Å². The zero-order chi connectivity index (χ0) is 14.1. The monoisotopic (exact) mass is 287 g/mol. The number of thiophene rings is 1. The lowest BCUT2D eigenvalue weighted by atomic mass is 10.2. The van der Waals surface area contributed by atoms with E-state index in [0.717, 1.165) is 15.6 Å². The first-order chi connectivity index (χ1) is 9.61. The van der Waals surface area contributed by atoms with Crippen molar-refractivity contribution in [2.24, 2.45) is 7.05 Å². The number of aromatic nitrogens is 2. The number of hydrogen-bond donors (Lipinski definition) is 1. The molecule has 0 aliphatic rings. The summed E-state index contributed by atoms with van der Waals surface area (Å²) in [5.41, 5.74) is 7.28. The van der Waals surface area contributed by atoms with E-state index < -0.39 is 0 Å². The maximum atomic E-state index is 12.0. The van der Waals surface area contributed by atoms with Gasteiger partial charge in [-0.05, 0) is 29.7 Å². The molecule has 2 aromatic heterocycles. The topological polar surface area (TPSA) is 70.1 Å². The zero-order valence-electron chi connectivity index (χ0n) is 10.9. The molecule has 0 fully saturated rings. The zero-order valence-corrected chi connectivity index (χ0v) is 11.7. The van der Waals surface area contributed by atoms with Crippen molar-refractivity contribution in [3.05, 3.63) is 47.1 Å². The number of carbonyl (C=O) groups excluding carboxylic acids is 1. The number of benzene rings is 1. The third-order valence-electron chi connectivity index (χ3n) is 2.87. The molecule has 0 spiro atoms. The Kier molecular flexibility index (Phi) is 3.15. The van der Waals surface area contributed by atoms with Gasteiger partial charge in [0.25, 0.3) is 0 Å². The van der Waals surface area contributed by atoms with Gasteiger partial charge in [0, 0.05) is 29.2 Å². The van der Waals surface area contributed by atoms with E-state index in [0.29, 0.717) is 10.6 Å². The van der Waals surface area contributed by atoms with E-state index in [1.165, 1.54) is 11.3 Å². The van der Waals surface area contributed by atoms with Crippen molar-refractivity contribution in [2.75, 3.05) is 5.73 Å². The van der Waals surface area contributed by atoms with Crippen LogP contribution in [-0.2, 0) is 18.4 Å². The highest BCUT2D eigenvalue weighted by Crippen LogP contribution is 2.27. The maximum Gasteiger partial charge on any atom is 0.348 e. The summed E-state index contributed by atoms with van der Waals surface area (Å²) in [4.78, 5) is 12.6. The largest absolute Gasteiger partial charge is 0.457 e. The number of nitrogens with zero attached hydrogens (tertiary/aromatic N) is 2. The minimum Gasteiger partial charge on any atom is -0.457 e. The highest BCUT2D eigenvalue weighted by atomic mass is 32.1. The summed E-state index contributed by atoms with van der Waals surface area (Å²) in [6, 6.07) is 7.39. The Morgan fingerprint density at radius 3 is 3.05 bits per heavy atom. The molecule has 0 saturated heterocycles. The fourth-order valence-electron chi connectivity index (χ4n) is 1.93. The van der Waals surface area contributed by atoms with Crippen molar-refractivity contribution < 1.29 is 9.53 Å². The molecule has 0 amide bonds. The molecule has 6 heteroatoms. The van der Waals surface area contributed by atoms with Crippen LogP contribution in [0.3, 0.4) is 0 Å². The fourth-order valence-corrected chi connectivity index (χ4v) is 2.87. The fraction of sp³-hybridized carbons (Fsp3) is 0.143. The summed E-state index contributed by atoms with van der Waals surface area (Å²) in [5.74, 6) is -0.325. The van der Waals surface area contributed by atoms with Crippen LogP contribution in [0.5, 0.6) is 0 Å². The number of carbonyl (C=O) groups is 1. The number of rotatable bonds is 3. The molecule has 0 radical (unpaired) electrons. The number of hydrogen-bond acceptors (Lipinski definition) is 5. The standard InChI is InChI=1S/C14H13N3O2S/c1-17-7-9(6-16-17)8-19-14(18)13-5-10-4-11(15)2-3-12(10)20-13/h2-7H,8,15H2,1H3. The number of nitrogen functional groups attached to an aromatic ring is 1. The molecule has 1 aromatic carbocycles. The molecule has 0 aliphatic heterocycles. The summed E-state index contributed by atoms with van der Waals surface area (Å²) < 4.78 is 7.97. The Morgan fingerprint density at radius 2 is 2.30 bits per heavy atom. The van der Waals surface area contributed by atoms with Crippen molar-refractivity contribution in [2.45, 2.75) is 6.61 Å². The second-order valence-electron chi connectivity index (χ2n) is 4.51. The molecule has 0 saturated carbocycles. The maximum absolute atomic E-state index is 12.0. The van der Waals surface area contributed by atoms with Gasteiger partial charge in [0.15, 0.2) is 0 Å². The Bertz CT molecular complexity index is 776. The van der Waals surface area contributed by atoms with Gasteiger partial charge in [0.05, 0.1) is 6.20 Å². The lowest BCUT2D eigenvalue weighted by molar-refractivity contribution is 0.0478. The van der Waals surface area contributed by atoms with Gasteiger partial charge in [-0.15, -0.1) is 11.3 Å². The van der Waals surface area contributed by atoms with Crippen molar-refractivity contribution >= 4 is 33.1 Å². The van der Waals surface area contributed by atoms with Crippen molar-refractivity contribution in [1.29, 1.82) is 0 Å². The molecule has 3 rings (SSSR count). The van der Waals surface area contributed by atoms with Crippen molar-refractivity contribution in [1.82, 2.24) is 9.78 Å². The molecule has 0 aliphatic carbocycles. The van der Waals surface area contributed by atoms with Gasteiger partial charge in [0.1, 0.15) is 11.5 Å². The molecule has 3 aromatic rings. The summed E-state index contributed by atoms with van der Waals surface area (Å²) >= 11 is 1.40. The lowest BCUT2D eigenvalue weighted by Crippen LogP contribution is -2.02. The minimum absolute atomic E-state index is 0.225. The molecular weight excluding hydrogens is 274 g/mol. The highest BCUT2D eigenvalue weighted by Gasteiger charge is 2.12. The van der Waals surface area contributed by atoms with E-state index in [4.69, 9.17) is 10.5 Å². The van der Waals surface area contributed by atoms with Crippen LogP contribution in [0.2, 0.25) is 0 Å². The minimum atomic E-state index is -0.325. The Hall–Kier alpha value is -2.34. The van der Waals surface area contributed by atoms with Gasteiger partial charge in [-0.2, -0.15) is 5.10 Å². The van der Waals surface area contributed by atoms with Gasteiger partial charge < -0.3 is 10.5 Å². The van der Waals surface area contributed by atoms with E-state index in [1.54, 1.807) is 10.9 Å². The average Bonchev–Trinajstić information content (AvgIpc) is 3.01. The van der Waals surface area contributed by atoms with Gasteiger partial charge >= 0.3 is 5.97 Å². The molecule has 5 nitrogen and oxygen atoms in total. The number of fused-ring (bicyclic) bond motifs is 1. The second-order valence-corrected chi connectivity index (χ2v) is 5.59. The summed E-state index contributed by atoms with van der Waals surface area (Å²) in [7, 11) is 1.82. The van der Waals surface area contributed by atoms with Crippen LogP contribution in [0.15, 0.2) is 36.7 Å². The summed E-state index contributed by atoms with van der Waals surface area (Å²) in [5, 5.41) is 4.99. The van der Waals surface area contributed by atoms with Gasteiger partial charge in [-0.3, -0.25) is 4.68 Å². The van der Waals surface area contributed by atoms with Crippen molar-refractivity contribution in [3.8, 4) is 0 Å². The van der Waals surface area contributed by atoms with Crippen LogP contribution in [0, 0.1) is 0 Å². The molecule has 0 bridgehead atoms. The smallest absolute Gasteiger partial charge is 0.348 e. The average molecular weight is 287 g/mol. The number of esters is 1. The van der Waals surface area contributed by atoms with Gasteiger partial charge in [0.2, 0.25) is 0 Å². The first kappa shape index (κ1) is 12.7. The third-order valence-corrected chi connectivity index (χ3v) is 3.97. The number of aryl methyl sites for hydroxylation is 1. The van der Waals surface area contributed by atoms with Crippen LogP contribution in [0.25, 0.3) is 10.1 Å². The first-order valence-corrected chi connectivity index (χ1v) is 6.87. The molecule has 2 N–H and O–H groups in total. The van der Waals surface area contributed by atoms with Crippen LogP contribution >= 0.6 is 11.3 Å². The summed E-state index contributed by atoms with van der Waals surface area (Å²) in [6.45, 7) is 0.225. The van der Waals surface area contributed by atoms with Crippen LogP contribution in [0.4, 0.5) is 5.69 Å². The lowest BCUT2D eigenvalue weighted by Gasteiger charge is -1.99. The predicted octanol–water partition coefficient (Wildman–Crippen LogP) is 2.57. The van der Waals surface area contributed by atoms with E-state index in [9.17, 15) is 4.79 Å². The Labute approximate surface area is 119 Å². The third kappa shape index (κ3) is 2.50. The molecule has 0 atom stereocenters.